The maximum atomic E-state index is 9.23. The summed E-state index contributed by atoms with van der Waals surface area (Å²) in [6.07, 6.45) is 4.29. The summed E-state index contributed by atoms with van der Waals surface area (Å²) in [7, 11) is 0. The highest BCUT2D eigenvalue weighted by atomic mass is 32.2. The number of aromatic nitrogens is 2. The van der Waals surface area contributed by atoms with Gasteiger partial charge in [0, 0.05) is 6.54 Å². The largest absolute Gasteiger partial charge is 0.508 e. The first-order chi connectivity index (χ1) is 9.74. The van der Waals surface area contributed by atoms with Crippen molar-refractivity contribution in [2.75, 3.05) is 18.1 Å². The molecule has 0 bridgehead atoms. The fraction of sp³-hybridized carbons (Fsp3) is 0.214. The minimum absolute atomic E-state index is 0.278. The molecule has 0 amide bonds. The van der Waals surface area contributed by atoms with Gasteiger partial charge in [0.05, 0.1) is 0 Å². The number of hydrogen-bond donors (Lipinski definition) is 2. The number of anilines is 1. The first-order valence-corrected chi connectivity index (χ1v) is 7.34. The van der Waals surface area contributed by atoms with E-state index in [0.717, 1.165) is 23.6 Å². The van der Waals surface area contributed by atoms with E-state index in [9.17, 15) is 5.11 Å². The predicted octanol–water partition coefficient (Wildman–Crippen LogP) is 2.89. The van der Waals surface area contributed by atoms with Crippen LogP contribution in [0.3, 0.4) is 0 Å². The van der Waals surface area contributed by atoms with Crippen LogP contribution < -0.4 is 5.32 Å². The van der Waals surface area contributed by atoms with Crippen LogP contribution in [0.25, 0.3) is 0 Å². The van der Waals surface area contributed by atoms with Crippen molar-refractivity contribution in [3.8, 4) is 5.75 Å². The van der Waals surface area contributed by atoms with Crippen LogP contribution in [0.4, 0.5) is 11.5 Å². The third kappa shape index (κ3) is 3.48. The van der Waals surface area contributed by atoms with Crippen LogP contribution in [-0.4, -0.2) is 34.6 Å². The summed E-state index contributed by atoms with van der Waals surface area (Å²) in [6.45, 7) is 4.29. The number of aromatic hydroxyl groups is 1. The maximum absolute atomic E-state index is 9.23. The van der Waals surface area contributed by atoms with Crippen molar-refractivity contribution in [3.63, 3.8) is 0 Å². The van der Waals surface area contributed by atoms with Crippen molar-refractivity contribution in [2.45, 2.75) is 11.4 Å². The third-order valence-electron chi connectivity index (χ3n) is 2.78. The molecular weight excluding hydrogens is 272 g/mol. The molecule has 0 unspecified atom stereocenters. The summed E-state index contributed by atoms with van der Waals surface area (Å²) < 4.78 is 0. The molecule has 1 heterocycles. The Morgan fingerprint density at radius 3 is 2.70 bits per heavy atom. The van der Waals surface area contributed by atoms with Crippen LogP contribution in [0, 0.1) is 0 Å². The lowest BCUT2D eigenvalue weighted by Gasteiger charge is -2.09. The molecule has 5 nitrogen and oxygen atoms in total. The molecule has 6 heteroatoms. The van der Waals surface area contributed by atoms with Gasteiger partial charge in [-0.05, 0) is 37.1 Å². The molecule has 2 N–H and O–H groups in total. The normalized spacial score (nSPS) is 10.2. The summed E-state index contributed by atoms with van der Waals surface area (Å²) in [4.78, 5) is 12.3. The molecule has 1 aromatic carbocycles. The van der Waals surface area contributed by atoms with Gasteiger partial charge in [-0.25, -0.2) is 9.97 Å². The minimum Gasteiger partial charge on any atom is -0.508 e. The van der Waals surface area contributed by atoms with Gasteiger partial charge in [-0.15, -0.1) is 11.8 Å². The van der Waals surface area contributed by atoms with E-state index >= 15 is 0 Å². The number of hydrogen-bond acceptors (Lipinski definition) is 6. The number of aliphatic imine (C=N–C) groups is 1. The number of thioether (sulfide) groups is 1. The number of rotatable bonds is 6. The van der Waals surface area contributed by atoms with E-state index in [1.165, 1.54) is 18.1 Å². The van der Waals surface area contributed by atoms with Crippen LogP contribution in [-0.2, 0) is 6.42 Å². The van der Waals surface area contributed by atoms with Crippen LogP contribution in [0.2, 0.25) is 0 Å². The van der Waals surface area contributed by atoms with Crippen molar-refractivity contribution in [2.24, 2.45) is 4.99 Å². The van der Waals surface area contributed by atoms with Gasteiger partial charge in [0.2, 0.25) is 0 Å². The number of phenolic OH excluding ortho intramolecular Hbond substituents is 1. The standard InChI is InChI=1S/C14H16N4OS/c1-15-12-13(17-9-18-14(12)20-2)16-8-7-10-3-5-11(19)6-4-10/h3-6,9,19H,1,7-8H2,2H3,(H,16,17,18). The summed E-state index contributed by atoms with van der Waals surface area (Å²) in [5.74, 6) is 0.971. The van der Waals surface area contributed by atoms with E-state index in [0.29, 0.717) is 11.5 Å². The topological polar surface area (TPSA) is 70.4 Å². The monoisotopic (exact) mass is 288 g/mol. The molecule has 104 valence electrons. The van der Waals surface area contributed by atoms with E-state index in [1.807, 2.05) is 18.4 Å². The van der Waals surface area contributed by atoms with Gasteiger partial charge in [0.1, 0.15) is 22.8 Å². The average Bonchev–Trinajstić information content (AvgIpc) is 2.49. The molecule has 0 saturated carbocycles. The second-order valence-electron chi connectivity index (χ2n) is 4.08. The van der Waals surface area contributed by atoms with Crippen LogP contribution >= 0.6 is 11.8 Å². The lowest BCUT2D eigenvalue weighted by Crippen LogP contribution is -2.07. The maximum Gasteiger partial charge on any atom is 0.156 e. The van der Waals surface area contributed by atoms with Gasteiger partial charge in [0.15, 0.2) is 5.82 Å². The molecule has 0 fully saturated rings. The Kier molecular flexibility index (Phi) is 4.95. The van der Waals surface area contributed by atoms with E-state index in [-0.39, 0.29) is 5.75 Å². The third-order valence-corrected chi connectivity index (χ3v) is 3.47. The van der Waals surface area contributed by atoms with Gasteiger partial charge in [0.25, 0.3) is 0 Å². The molecule has 0 radical (unpaired) electrons. The smallest absolute Gasteiger partial charge is 0.156 e. The second-order valence-corrected chi connectivity index (χ2v) is 4.88. The predicted molar refractivity (Wildman–Crippen MR) is 83.3 cm³/mol. The van der Waals surface area contributed by atoms with Crippen molar-refractivity contribution in [1.29, 1.82) is 0 Å². The first-order valence-electron chi connectivity index (χ1n) is 6.12. The molecule has 0 atom stereocenters. The quantitative estimate of drug-likeness (QED) is 0.486. The molecule has 2 rings (SSSR count). The summed E-state index contributed by atoms with van der Waals surface area (Å²) in [5.41, 5.74) is 1.83. The van der Waals surface area contributed by atoms with Crippen molar-refractivity contribution in [3.05, 3.63) is 36.2 Å². The van der Waals surface area contributed by atoms with Gasteiger partial charge in [-0.3, -0.25) is 4.99 Å². The summed E-state index contributed by atoms with van der Waals surface area (Å²) >= 11 is 1.51. The fourth-order valence-electron chi connectivity index (χ4n) is 1.77. The number of phenols is 1. The number of benzene rings is 1. The highest BCUT2D eigenvalue weighted by Crippen LogP contribution is 2.30. The van der Waals surface area contributed by atoms with Crippen LogP contribution in [0.15, 0.2) is 40.6 Å². The zero-order chi connectivity index (χ0) is 14.4. The van der Waals surface area contributed by atoms with Crippen molar-refractivity contribution in [1.82, 2.24) is 9.97 Å². The van der Waals surface area contributed by atoms with Crippen molar-refractivity contribution >= 4 is 30.0 Å². The summed E-state index contributed by atoms with van der Waals surface area (Å²) in [5, 5.41) is 13.3. The Balaban J connectivity index is 2.00. The zero-order valence-corrected chi connectivity index (χ0v) is 12.0. The molecule has 2 aromatic rings. The Labute approximate surface area is 122 Å². The lowest BCUT2D eigenvalue weighted by molar-refractivity contribution is 0.475. The van der Waals surface area contributed by atoms with Crippen LogP contribution in [0.1, 0.15) is 5.56 Å². The molecule has 0 spiro atoms. The Morgan fingerprint density at radius 2 is 2.05 bits per heavy atom. The molecule has 20 heavy (non-hydrogen) atoms. The lowest BCUT2D eigenvalue weighted by atomic mass is 10.1. The molecular formula is C14H16N4OS. The van der Waals surface area contributed by atoms with E-state index in [1.54, 1.807) is 12.1 Å². The van der Waals surface area contributed by atoms with Crippen LogP contribution in [0.5, 0.6) is 5.75 Å². The molecule has 0 saturated heterocycles. The van der Waals surface area contributed by atoms with Gasteiger partial charge in [-0.2, -0.15) is 0 Å². The molecule has 0 aliphatic rings. The highest BCUT2D eigenvalue weighted by Gasteiger charge is 2.08. The fourth-order valence-corrected chi connectivity index (χ4v) is 2.28. The molecule has 1 aromatic heterocycles. The minimum atomic E-state index is 0.278. The second kappa shape index (κ2) is 6.91. The van der Waals surface area contributed by atoms with Gasteiger partial charge in [-0.1, -0.05) is 12.1 Å². The number of nitrogens with one attached hydrogen (secondary N) is 1. The van der Waals surface area contributed by atoms with E-state index in [4.69, 9.17) is 0 Å². The average molecular weight is 288 g/mol. The highest BCUT2D eigenvalue weighted by molar-refractivity contribution is 7.98. The summed E-state index contributed by atoms with van der Waals surface area (Å²) in [6, 6.07) is 7.17. The van der Waals surface area contributed by atoms with E-state index in [2.05, 4.69) is 27.0 Å². The Hall–Kier alpha value is -2.08. The molecule has 0 aliphatic heterocycles. The Morgan fingerprint density at radius 1 is 1.30 bits per heavy atom. The molecule has 0 aliphatic carbocycles. The first kappa shape index (κ1) is 14.3. The van der Waals surface area contributed by atoms with Crippen molar-refractivity contribution < 1.29 is 5.11 Å². The number of nitrogens with zero attached hydrogens (tertiary/aromatic N) is 3. The Bertz CT molecular complexity index is 586. The van der Waals surface area contributed by atoms with Gasteiger partial charge < -0.3 is 10.4 Å². The van der Waals surface area contributed by atoms with E-state index < -0.39 is 0 Å². The zero-order valence-electron chi connectivity index (χ0n) is 11.2. The SMILES string of the molecule is C=Nc1c(NCCc2ccc(O)cc2)ncnc1SC. The van der Waals surface area contributed by atoms with Gasteiger partial charge >= 0.3 is 0 Å².